The maximum Gasteiger partial charge on any atom is 0.410 e. The Bertz CT molecular complexity index is 1610. The van der Waals surface area contributed by atoms with Crippen LogP contribution in [0, 0.1) is 0 Å². The molecule has 7 nitrogen and oxygen atoms in total. The van der Waals surface area contributed by atoms with E-state index in [9.17, 15) is 14.4 Å². The van der Waals surface area contributed by atoms with E-state index in [0.717, 1.165) is 28.5 Å². The SMILES string of the molecule is CC(C)(C)OC(=O)N1CCC(c2ccc(CC(=O)NCCC(=O)c3ccccc3)cc2)C(OCc2ccc3ccccc3c2)C1. The van der Waals surface area contributed by atoms with Gasteiger partial charge in [0.25, 0.3) is 0 Å². The van der Waals surface area contributed by atoms with Crippen LogP contribution in [0.4, 0.5) is 4.79 Å². The van der Waals surface area contributed by atoms with Crippen LogP contribution in [0.5, 0.6) is 0 Å². The smallest absolute Gasteiger partial charge is 0.410 e. The highest BCUT2D eigenvalue weighted by Crippen LogP contribution is 2.32. The fraction of sp³-hybridized carbons (Fsp3) is 0.342. The summed E-state index contributed by atoms with van der Waals surface area (Å²) >= 11 is 0. The molecule has 5 rings (SSSR count). The summed E-state index contributed by atoms with van der Waals surface area (Å²) in [5.74, 6) is -0.0303. The van der Waals surface area contributed by atoms with Gasteiger partial charge in [-0.25, -0.2) is 4.79 Å². The number of Topliss-reactive ketones (excluding diaryl/α,β-unsaturated/α-hetero) is 1. The zero-order chi connectivity index (χ0) is 31.8. The lowest BCUT2D eigenvalue weighted by molar-refractivity contribution is -0.120. The fourth-order valence-electron chi connectivity index (χ4n) is 5.71. The van der Waals surface area contributed by atoms with Crippen molar-refractivity contribution in [3.8, 4) is 0 Å². The number of carbonyl (C=O) groups excluding carboxylic acids is 3. The van der Waals surface area contributed by atoms with Crippen molar-refractivity contribution in [2.24, 2.45) is 0 Å². The number of nitrogens with one attached hydrogen (secondary N) is 1. The lowest BCUT2D eigenvalue weighted by Crippen LogP contribution is -2.48. The van der Waals surface area contributed by atoms with Crippen molar-refractivity contribution in [3.05, 3.63) is 119 Å². The van der Waals surface area contributed by atoms with Crippen LogP contribution in [0.3, 0.4) is 0 Å². The summed E-state index contributed by atoms with van der Waals surface area (Å²) in [6, 6.07) is 31.8. The van der Waals surface area contributed by atoms with Crippen molar-refractivity contribution >= 4 is 28.6 Å². The Balaban J connectivity index is 1.21. The molecule has 0 spiro atoms. The van der Waals surface area contributed by atoms with E-state index in [1.807, 2.05) is 63.2 Å². The Morgan fingerprint density at radius 2 is 1.53 bits per heavy atom. The Labute approximate surface area is 265 Å². The van der Waals surface area contributed by atoms with Gasteiger partial charge in [0.2, 0.25) is 5.91 Å². The molecule has 2 amide bonds. The molecule has 7 heteroatoms. The number of rotatable bonds is 10. The van der Waals surface area contributed by atoms with Crippen LogP contribution in [0.15, 0.2) is 97.1 Å². The molecule has 1 aliphatic rings. The number of likely N-dealkylation sites (tertiary alicyclic amines) is 1. The van der Waals surface area contributed by atoms with Gasteiger partial charge in [-0.3, -0.25) is 9.59 Å². The quantitative estimate of drug-likeness (QED) is 0.195. The van der Waals surface area contributed by atoms with Gasteiger partial charge in [-0.2, -0.15) is 0 Å². The molecule has 4 aromatic rings. The monoisotopic (exact) mass is 606 g/mol. The van der Waals surface area contributed by atoms with Gasteiger partial charge in [0.1, 0.15) is 5.60 Å². The average molecular weight is 607 g/mol. The molecule has 1 N–H and O–H groups in total. The normalized spacial score (nSPS) is 16.7. The van der Waals surface area contributed by atoms with E-state index >= 15 is 0 Å². The van der Waals surface area contributed by atoms with E-state index in [4.69, 9.17) is 9.47 Å². The number of ether oxygens (including phenoxy) is 2. The van der Waals surface area contributed by atoms with Crippen LogP contribution in [-0.2, 0) is 27.3 Å². The van der Waals surface area contributed by atoms with Gasteiger partial charge in [-0.15, -0.1) is 0 Å². The van der Waals surface area contributed by atoms with Crippen molar-refractivity contribution in [2.75, 3.05) is 19.6 Å². The summed E-state index contributed by atoms with van der Waals surface area (Å²) in [6.45, 7) is 7.35. The summed E-state index contributed by atoms with van der Waals surface area (Å²) < 4.78 is 12.2. The standard InChI is InChI=1S/C38H42N2O5/c1-38(2,3)45-37(43)40-22-20-33(35(25-40)44-26-28-15-16-29-9-7-8-12-32(29)23-28)30-17-13-27(14-18-30)24-36(42)39-21-19-34(41)31-10-5-4-6-11-31/h4-18,23,33,35H,19-22,24-26H2,1-3H3,(H,39,42). The van der Waals surface area contributed by atoms with Crippen LogP contribution in [-0.4, -0.2) is 54.0 Å². The summed E-state index contributed by atoms with van der Waals surface area (Å²) in [6.07, 6.45) is 0.675. The first kappa shape index (κ1) is 31.9. The molecule has 1 fully saturated rings. The van der Waals surface area contributed by atoms with Gasteiger partial charge in [-0.1, -0.05) is 91.0 Å². The molecular weight excluding hydrogens is 564 g/mol. The minimum absolute atomic E-state index is 0.00959. The average Bonchev–Trinajstić information content (AvgIpc) is 3.03. The predicted octanol–water partition coefficient (Wildman–Crippen LogP) is 7.08. The van der Waals surface area contributed by atoms with Gasteiger partial charge in [0.15, 0.2) is 5.78 Å². The van der Waals surface area contributed by atoms with Gasteiger partial charge in [0, 0.05) is 31.0 Å². The highest BCUT2D eigenvalue weighted by Gasteiger charge is 2.35. The minimum atomic E-state index is -0.574. The molecule has 4 aromatic carbocycles. The molecule has 2 unspecified atom stereocenters. The van der Waals surface area contributed by atoms with Crippen molar-refractivity contribution in [2.45, 2.75) is 64.3 Å². The number of nitrogens with zero attached hydrogens (tertiary/aromatic N) is 1. The van der Waals surface area contributed by atoms with Gasteiger partial charge in [0.05, 0.1) is 25.7 Å². The molecule has 0 radical (unpaired) electrons. The second-order valence-electron chi connectivity index (χ2n) is 12.7. The van der Waals surface area contributed by atoms with Gasteiger partial charge < -0.3 is 19.7 Å². The number of fused-ring (bicyclic) bond motifs is 1. The predicted molar refractivity (Wildman–Crippen MR) is 176 cm³/mol. The third kappa shape index (κ3) is 9.02. The highest BCUT2D eigenvalue weighted by atomic mass is 16.6. The van der Waals surface area contributed by atoms with Crippen LogP contribution >= 0.6 is 0 Å². The number of hydrogen-bond acceptors (Lipinski definition) is 5. The van der Waals surface area contributed by atoms with E-state index in [2.05, 4.69) is 47.8 Å². The first-order valence-corrected chi connectivity index (χ1v) is 15.7. The van der Waals surface area contributed by atoms with Gasteiger partial charge in [-0.05, 0) is 60.7 Å². The topological polar surface area (TPSA) is 84.9 Å². The Morgan fingerprint density at radius 3 is 2.27 bits per heavy atom. The van der Waals surface area contributed by atoms with E-state index < -0.39 is 5.60 Å². The third-order valence-electron chi connectivity index (χ3n) is 8.03. The van der Waals surface area contributed by atoms with Crippen LogP contribution in [0.25, 0.3) is 10.8 Å². The van der Waals surface area contributed by atoms with Crippen LogP contribution in [0.2, 0.25) is 0 Å². The lowest BCUT2D eigenvalue weighted by Gasteiger charge is -2.39. The van der Waals surface area contributed by atoms with E-state index in [1.165, 1.54) is 5.39 Å². The molecule has 234 valence electrons. The van der Waals surface area contributed by atoms with Gasteiger partial charge >= 0.3 is 6.09 Å². The number of piperidine rings is 1. The number of ketones is 1. The molecule has 2 atom stereocenters. The van der Waals surface area contributed by atoms with Crippen LogP contribution in [0.1, 0.15) is 66.6 Å². The largest absolute Gasteiger partial charge is 0.444 e. The summed E-state index contributed by atoms with van der Waals surface area (Å²) in [5.41, 5.74) is 3.16. The number of hydrogen-bond donors (Lipinski definition) is 1. The maximum atomic E-state index is 12.9. The molecule has 0 saturated carbocycles. The lowest BCUT2D eigenvalue weighted by atomic mass is 9.86. The zero-order valence-corrected chi connectivity index (χ0v) is 26.3. The van der Waals surface area contributed by atoms with Crippen molar-refractivity contribution < 1.29 is 23.9 Å². The molecule has 0 aliphatic carbocycles. The Morgan fingerprint density at radius 1 is 0.844 bits per heavy atom. The summed E-state index contributed by atoms with van der Waals surface area (Å²) in [7, 11) is 0. The fourth-order valence-corrected chi connectivity index (χ4v) is 5.71. The zero-order valence-electron chi connectivity index (χ0n) is 26.3. The van der Waals surface area contributed by atoms with Crippen LogP contribution < -0.4 is 5.32 Å². The molecule has 1 saturated heterocycles. The molecule has 0 aromatic heterocycles. The summed E-state index contributed by atoms with van der Waals surface area (Å²) in [5, 5.41) is 5.21. The summed E-state index contributed by atoms with van der Waals surface area (Å²) in [4.78, 5) is 39.6. The first-order valence-electron chi connectivity index (χ1n) is 15.7. The first-order chi connectivity index (χ1) is 21.6. The molecule has 1 heterocycles. The third-order valence-corrected chi connectivity index (χ3v) is 8.03. The second kappa shape index (κ2) is 14.5. The Hall–Kier alpha value is -4.49. The van der Waals surface area contributed by atoms with Crippen molar-refractivity contribution in [1.82, 2.24) is 10.2 Å². The molecule has 0 bridgehead atoms. The minimum Gasteiger partial charge on any atom is -0.444 e. The van der Waals surface area contributed by atoms with E-state index in [0.29, 0.717) is 31.8 Å². The maximum absolute atomic E-state index is 12.9. The van der Waals surface area contributed by atoms with E-state index in [-0.39, 0.29) is 42.6 Å². The molecule has 1 aliphatic heterocycles. The number of amides is 2. The number of benzene rings is 4. The van der Waals surface area contributed by atoms with Crippen molar-refractivity contribution in [3.63, 3.8) is 0 Å². The number of carbonyl (C=O) groups is 3. The Kier molecular flexibility index (Phi) is 10.3. The van der Waals surface area contributed by atoms with Crippen molar-refractivity contribution in [1.29, 1.82) is 0 Å². The molecular formula is C38H42N2O5. The second-order valence-corrected chi connectivity index (χ2v) is 12.7. The van der Waals surface area contributed by atoms with E-state index in [1.54, 1.807) is 17.0 Å². The highest BCUT2D eigenvalue weighted by molar-refractivity contribution is 5.96. The molecule has 45 heavy (non-hydrogen) atoms.